The molecule has 0 heterocycles. The third kappa shape index (κ3) is 5.27. The van der Waals surface area contributed by atoms with Gasteiger partial charge in [0.1, 0.15) is 0 Å². The van der Waals surface area contributed by atoms with E-state index in [1.54, 1.807) is 31.1 Å². The molecule has 0 aliphatic carbocycles. The van der Waals surface area contributed by atoms with Crippen LogP contribution in [0.25, 0.3) is 0 Å². The number of nitrogens with zero attached hydrogens (tertiary/aromatic N) is 2. The first-order chi connectivity index (χ1) is 9.99. The van der Waals surface area contributed by atoms with Gasteiger partial charge >= 0.3 is 0 Å². The molecule has 0 atom stereocenters. The van der Waals surface area contributed by atoms with E-state index in [0.29, 0.717) is 11.3 Å². The Balaban J connectivity index is 2.65. The lowest BCUT2D eigenvalue weighted by atomic mass is 10.1. The molecule has 0 saturated heterocycles. The summed E-state index contributed by atoms with van der Waals surface area (Å²) in [6.45, 7) is 8.36. The van der Waals surface area contributed by atoms with Gasteiger partial charge in [0.05, 0.1) is 5.56 Å². The molecular formula is C16H28N4O. The van der Waals surface area contributed by atoms with E-state index in [-0.39, 0.29) is 5.91 Å². The summed E-state index contributed by atoms with van der Waals surface area (Å²) in [5.74, 6) is -0.0127. The van der Waals surface area contributed by atoms with Crippen LogP contribution in [0.15, 0.2) is 18.2 Å². The molecule has 5 nitrogen and oxygen atoms in total. The number of rotatable bonds is 8. The Morgan fingerprint density at radius 1 is 1.24 bits per heavy atom. The maximum Gasteiger partial charge on any atom is 0.255 e. The predicted molar refractivity (Wildman–Crippen MR) is 89.8 cm³/mol. The SMILES string of the molecule is CCN(CC)CCCNc1cc(N)ccc1C(=O)N(C)C. The number of nitrogens with one attached hydrogen (secondary N) is 1. The molecule has 1 rings (SSSR count). The smallest absolute Gasteiger partial charge is 0.255 e. The number of carbonyl (C=O) groups excluding carboxylic acids is 1. The summed E-state index contributed by atoms with van der Waals surface area (Å²) >= 11 is 0. The normalized spacial score (nSPS) is 10.7. The van der Waals surface area contributed by atoms with E-state index >= 15 is 0 Å². The number of carbonyl (C=O) groups is 1. The molecule has 0 aliphatic rings. The van der Waals surface area contributed by atoms with E-state index in [1.807, 2.05) is 6.07 Å². The monoisotopic (exact) mass is 292 g/mol. The zero-order chi connectivity index (χ0) is 15.8. The van der Waals surface area contributed by atoms with Crippen molar-refractivity contribution in [2.24, 2.45) is 0 Å². The molecule has 0 saturated carbocycles. The first-order valence-corrected chi connectivity index (χ1v) is 7.57. The third-order valence-corrected chi connectivity index (χ3v) is 3.54. The van der Waals surface area contributed by atoms with Crippen LogP contribution in [0, 0.1) is 0 Å². The molecule has 1 amide bonds. The molecule has 0 bridgehead atoms. The van der Waals surface area contributed by atoms with Crippen LogP contribution in [0.2, 0.25) is 0 Å². The summed E-state index contributed by atoms with van der Waals surface area (Å²) in [6, 6.07) is 5.37. The van der Waals surface area contributed by atoms with Crippen molar-refractivity contribution in [1.82, 2.24) is 9.80 Å². The molecule has 0 aliphatic heterocycles. The van der Waals surface area contributed by atoms with Crippen LogP contribution in [0.1, 0.15) is 30.6 Å². The summed E-state index contributed by atoms with van der Waals surface area (Å²) in [5, 5.41) is 3.34. The minimum atomic E-state index is -0.0127. The number of hydrogen-bond donors (Lipinski definition) is 2. The molecule has 0 aromatic heterocycles. The zero-order valence-corrected chi connectivity index (χ0v) is 13.6. The molecule has 0 fully saturated rings. The second-order valence-electron chi connectivity index (χ2n) is 5.31. The second-order valence-corrected chi connectivity index (χ2v) is 5.31. The van der Waals surface area contributed by atoms with E-state index in [4.69, 9.17) is 5.73 Å². The van der Waals surface area contributed by atoms with Crippen molar-refractivity contribution in [2.75, 3.05) is 51.3 Å². The number of benzene rings is 1. The maximum atomic E-state index is 12.1. The van der Waals surface area contributed by atoms with Gasteiger partial charge in [-0.05, 0) is 44.3 Å². The topological polar surface area (TPSA) is 61.6 Å². The Bertz CT molecular complexity index is 456. The van der Waals surface area contributed by atoms with Gasteiger partial charge in [0, 0.05) is 32.0 Å². The Kier molecular flexibility index (Phi) is 7.02. The molecule has 1 aromatic carbocycles. The average molecular weight is 292 g/mol. The van der Waals surface area contributed by atoms with Gasteiger partial charge in [0.2, 0.25) is 0 Å². The highest BCUT2D eigenvalue weighted by atomic mass is 16.2. The minimum Gasteiger partial charge on any atom is -0.399 e. The molecule has 0 unspecified atom stereocenters. The van der Waals surface area contributed by atoms with Gasteiger partial charge in [-0.2, -0.15) is 0 Å². The zero-order valence-electron chi connectivity index (χ0n) is 13.6. The Morgan fingerprint density at radius 2 is 1.90 bits per heavy atom. The first kappa shape index (κ1) is 17.3. The molecule has 3 N–H and O–H groups in total. The van der Waals surface area contributed by atoms with Crippen molar-refractivity contribution in [3.8, 4) is 0 Å². The van der Waals surface area contributed by atoms with Crippen molar-refractivity contribution in [1.29, 1.82) is 0 Å². The molecule has 1 aromatic rings. The van der Waals surface area contributed by atoms with Crippen LogP contribution in [0.3, 0.4) is 0 Å². The van der Waals surface area contributed by atoms with Crippen LogP contribution >= 0.6 is 0 Å². The lowest BCUT2D eigenvalue weighted by molar-refractivity contribution is 0.0828. The largest absolute Gasteiger partial charge is 0.399 e. The van der Waals surface area contributed by atoms with Crippen molar-refractivity contribution < 1.29 is 4.79 Å². The van der Waals surface area contributed by atoms with E-state index < -0.39 is 0 Å². The number of anilines is 2. The van der Waals surface area contributed by atoms with Crippen LogP contribution < -0.4 is 11.1 Å². The van der Waals surface area contributed by atoms with E-state index in [0.717, 1.165) is 38.3 Å². The summed E-state index contributed by atoms with van der Waals surface area (Å²) in [6.07, 6.45) is 1.03. The van der Waals surface area contributed by atoms with E-state index in [1.165, 1.54) is 0 Å². The van der Waals surface area contributed by atoms with Crippen molar-refractivity contribution in [3.63, 3.8) is 0 Å². The summed E-state index contributed by atoms with van der Waals surface area (Å²) in [4.78, 5) is 16.1. The van der Waals surface area contributed by atoms with Gasteiger partial charge in [-0.15, -0.1) is 0 Å². The van der Waals surface area contributed by atoms with Crippen LogP contribution in [0.5, 0.6) is 0 Å². The molecular weight excluding hydrogens is 264 g/mol. The highest BCUT2D eigenvalue weighted by Crippen LogP contribution is 2.20. The number of amides is 1. The van der Waals surface area contributed by atoms with Crippen LogP contribution in [-0.4, -0.2) is 56.0 Å². The van der Waals surface area contributed by atoms with Gasteiger partial charge in [-0.1, -0.05) is 13.8 Å². The molecule has 118 valence electrons. The Morgan fingerprint density at radius 3 is 2.48 bits per heavy atom. The average Bonchev–Trinajstić information content (AvgIpc) is 2.47. The van der Waals surface area contributed by atoms with Crippen molar-refractivity contribution in [2.45, 2.75) is 20.3 Å². The standard InChI is InChI=1S/C16H28N4O/c1-5-20(6-2)11-7-10-18-15-12-13(17)8-9-14(15)16(21)19(3)4/h8-9,12,18H,5-7,10-11,17H2,1-4H3. The lowest BCUT2D eigenvalue weighted by Gasteiger charge is -2.19. The van der Waals surface area contributed by atoms with E-state index in [2.05, 4.69) is 24.1 Å². The lowest BCUT2D eigenvalue weighted by Crippen LogP contribution is -2.26. The number of nitrogens with two attached hydrogens (primary N) is 1. The van der Waals surface area contributed by atoms with Gasteiger partial charge in [-0.3, -0.25) is 4.79 Å². The number of hydrogen-bond acceptors (Lipinski definition) is 4. The fraction of sp³-hybridized carbons (Fsp3) is 0.562. The summed E-state index contributed by atoms with van der Waals surface area (Å²) in [5.41, 5.74) is 7.97. The third-order valence-electron chi connectivity index (χ3n) is 3.54. The minimum absolute atomic E-state index is 0.0127. The predicted octanol–water partition coefficient (Wildman–Crippen LogP) is 2.11. The first-order valence-electron chi connectivity index (χ1n) is 7.57. The molecule has 5 heteroatoms. The highest BCUT2D eigenvalue weighted by Gasteiger charge is 2.13. The van der Waals surface area contributed by atoms with Crippen molar-refractivity contribution >= 4 is 17.3 Å². The highest BCUT2D eigenvalue weighted by molar-refractivity contribution is 5.99. The van der Waals surface area contributed by atoms with Gasteiger partial charge in [0.25, 0.3) is 5.91 Å². The van der Waals surface area contributed by atoms with E-state index in [9.17, 15) is 4.79 Å². The van der Waals surface area contributed by atoms with Crippen LogP contribution in [0.4, 0.5) is 11.4 Å². The maximum absolute atomic E-state index is 12.1. The Hall–Kier alpha value is -1.75. The number of nitrogen functional groups attached to an aromatic ring is 1. The van der Waals surface area contributed by atoms with Crippen LogP contribution in [-0.2, 0) is 0 Å². The molecule has 0 radical (unpaired) electrons. The van der Waals surface area contributed by atoms with Gasteiger partial charge in [0.15, 0.2) is 0 Å². The van der Waals surface area contributed by atoms with Crippen molar-refractivity contribution in [3.05, 3.63) is 23.8 Å². The van der Waals surface area contributed by atoms with Gasteiger partial charge < -0.3 is 20.9 Å². The second kappa shape index (κ2) is 8.52. The quantitative estimate of drug-likeness (QED) is 0.569. The summed E-state index contributed by atoms with van der Waals surface area (Å²) < 4.78 is 0. The van der Waals surface area contributed by atoms with Gasteiger partial charge in [-0.25, -0.2) is 0 Å². The fourth-order valence-electron chi connectivity index (χ4n) is 2.20. The molecule has 21 heavy (non-hydrogen) atoms. The summed E-state index contributed by atoms with van der Waals surface area (Å²) in [7, 11) is 3.51. The fourth-order valence-corrected chi connectivity index (χ4v) is 2.20. The molecule has 0 spiro atoms. The Labute approximate surface area is 128 Å².